The van der Waals surface area contributed by atoms with Crippen molar-refractivity contribution in [1.82, 2.24) is 0 Å². The molecule has 1 heterocycles. The van der Waals surface area contributed by atoms with Gasteiger partial charge in [0.05, 0.1) is 6.21 Å². The van der Waals surface area contributed by atoms with Crippen LogP contribution in [0.2, 0.25) is 0 Å². The summed E-state index contributed by atoms with van der Waals surface area (Å²) in [5.41, 5.74) is 3.49. The van der Waals surface area contributed by atoms with Crippen LogP contribution in [0.1, 0.15) is 11.1 Å². The highest BCUT2D eigenvalue weighted by atomic mass is 15.5. The Hall–Kier alpha value is -3.27. The van der Waals surface area contributed by atoms with Crippen molar-refractivity contribution in [1.29, 1.82) is 0 Å². The Bertz CT molecular complexity index is 848. The smallest absolute Gasteiger partial charge is 0.222 e. The first-order valence-corrected chi connectivity index (χ1v) is 8.23. The van der Waals surface area contributed by atoms with E-state index in [1.807, 2.05) is 36.4 Å². The summed E-state index contributed by atoms with van der Waals surface area (Å²) in [4.78, 5) is 2.16. The molecule has 4 nitrogen and oxygen atoms in total. The largest absolute Gasteiger partial charge is 0.306 e. The van der Waals surface area contributed by atoms with E-state index in [1.54, 1.807) is 6.21 Å². The van der Waals surface area contributed by atoms with Crippen LogP contribution in [0.4, 0.5) is 11.4 Å². The Balaban J connectivity index is 1.94. The third kappa shape index (κ3) is 2.72. The molecule has 3 aromatic rings. The zero-order valence-electron chi connectivity index (χ0n) is 13.9. The maximum atomic E-state index is 4.55. The van der Waals surface area contributed by atoms with E-state index >= 15 is 0 Å². The molecular weight excluding hydrogens is 308 g/mol. The van der Waals surface area contributed by atoms with Crippen molar-refractivity contribution in [3.05, 3.63) is 96.1 Å². The highest BCUT2D eigenvalue weighted by Crippen LogP contribution is 2.41. The summed E-state index contributed by atoms with van der Waals surface area (Å²) < 4.78 is 0. The lowest BCUT2D eigenvalue weighted by molar-refractivity contribution is 0.611. The minimum absolute atomic E-state index is 0.795. The summed E-state index contributed by atoms with van der Waals surface area (Å²) in [5, 5.41) is 12.6. The van der Waals surface area contributed by atoms with E-state index in [9.17, 15) is 0 Å². The van der Waals surface area contributed by atoms with Crippen molar-refractivity contribution in [2.45, 2.75) is 12.6 Å². The fraction of sp³-hybridized carbons (Fsp3) is 0.0952. The van der Waals surface area contributed by atoms with Gasteiger partial charge in [-0.05, 0) is 36.4 Å². The summed E-state index contributed by atoms with van der Waals surface area (Å²) in [5.74, 6) is 0. The summed E-state index contributed by atoms with van der Waals surface area (Å²) in [6, 6.07) is 28.8. The second-order valence-corrected chi connectivity index (χ2v) is 6.03. The fourth-order valence-corrected chi connectivity index (χ4v) is 3.09. The van der Waals surface area contributed by atoms with E-state index in [0.717, 1.165) is 16.9 Å². The molecule has 3 aromatic carbocycles. The van der Waals surface area contributed by atoms with E-state index in [-0.39, 0.29) is 0 Å². The van der Waals surface area contributed by atoms with Crippen LogP contribution in [-0.2, 0) is 5.66 Å². The topological polar surface area (TPSA) is 40.3 Å². The van der Waals surface area contributed by atoms with Crippen LogP contribution in [0.15, 0.2) is 100 Å². The fourth-order valence-electron chi connectivity index (χ4n) is 3.09. The summed E-state index contributed by atoms with van der Waals surface area (Å²) in [6.07, 6.45) is 1.80. The first kappa shape index (κ1) is 15.3. The van der Waals surface area contributed by atoms with Crippen molar-refractivity contribution in [3.63, 3.8) is 0 Å². The van der Waals surface area contributed by atoms with E-state index in [0.29, 0.717) is 0 Å². The van der Waals surface area contributed by atoms with Gasteiger partial charge in [-0.15, -0.1) is 10.2 Å². The molecule has 0 fully saturated rings. The summed E-state index contributed by atoms with van der Waals surface area (Å²) in [7, 11) is 0. The highest BCUT2D eigenvalue weighted by Gasteiger charge is 2.41. The average molecular weight is 326 g/mol. The van der Waals surface area contributed by atoms with Gasteiger partial charge in [-0.25, -0.2) is 0 Å². The second kappa shape index (κ2) is 6.32. The maximum absolute atomic E-state index is 4.55. The molecule has 0 amide bonds. The van der Waals surface area contributed by atoms with Gasteiger partial charge in [-0.3, -0.25) is 0 Å². The molecule has 4 heteroatoms. The standard InChI is InChI=1S/C21H18N4/c1-17-12-14-18(15-13-17)21(16-22-24-23-21)25(19-8-4-2-5-9-19)20-10-6-3-7-11-20/h2-16H,1H3. The van der Waals surface area contributed by atoms with Crippen molar-refractivity contribution >= 4 is 17.6 Å². The molecule has 0 bridgehead atoms. The number of rotatable bonds is 4. The molecule has 0 aromatic heterocycles. The minimum Gasteiger partial charge on any atom is -0.306 e. The van der Waals surface area contributed by atoms with Gasteiger partial charge in [0, 0.05) is 16.9 Å². The number of nitrogens with zero attached hydrogens (tertiary/aromatic N) is 4. The molecule has 1 aliphatic heterocycles. The third-order valence-electron chi connectivity index (χ3n) is 4.33. The van der Waals surface area contributed by atoms with Crippen LogP contribution >= 0.6 is 0 Å². The summed E-state index contributed by atoms with van der Waals surface area (Å²) >= 11 is 0. The van der Waals surface area contributed by atoms with Gasteiger partial charge in [-0.1, -0.05) is 66.2 Å². The Morgan fingerprint density at radius 2 is 1.28 bits per heavy atom. The molecule has 122 valence electrons. The molecular formula is C21H18N4. The van der Waals surface area contributed by atoms with Crippen LogP contribution < -0.4 is 4.90 Å². The predicted octanol–water partition coefficient (Wildman–Crippen LogP) is 5.44. The molecule has 25 heavy (non-hydrogen) atoms. The van der Waals surface area contributed by atoms with Gasteiger partial charge in [0.2, 0.25) is 5.66 Å². The van der Waals surface area contributed by atoms with Gasteiger partial charge in [0.25, 0.3) is 0 Å². The monoisotopic (exact) mass is 326 g/mol. The SMILES string of the molecule is Cc1ccc(C2(N(c3ccccc3)c3ccccc3)C=NN=N2)cc1. The molecule has 0 radical (unpaired) electrons. The maximum Gasteiger partial charge on any atom is 0.222 e. The van der Waals surface area contributed by atoms with Gasteiger partial charge in [0.15, 0.2) is 0 Å². The highest BCUT2D eigenvalue weighted by molar-refractivity contribution is 5.84. The Labute approximate surface area is 147 Å². The van der Waals surface area contributed by atoms with E-state index in [1.165, 1.54) is 5.56 Å². The number of benzene rings is 3. The Kier molecular flexibility index (Phi) is 3.86. The second-order valence-electron chi connectivity index (χ2n) is 6.03. The molecule has 1 atom stereocenters. The van der Waals surface area contributed by atoms with Crippen LogP contribution in [0, 0.1) is 6.92 Å². The zero-order valence-corrected chi connectivity index (χ0v) is 13.9. The zero-order chi connectivity index (χ0) is 17.1. The van der Waals surface area contributed by atoms with Crippen molar-refractivity contribution in [2.24, 2.45) is 15.4 Å². The average Bonchev–Trinajstić information content (AvgIpc) is 3.15. The lowest BCUT2D eigenvalue weighted by atomic mass is 9.96. The number of hydrogen-bond acceptors (Lipinski definition) is 4. The van der Waals surface area contributed by atoms with Crippen LogP contribution in [-0.4, -0.2) is 6.21 Å². The predicted molar refractivity (Wildman–Crippen MR) is 101 cm³/mol. The molecule has 1 unspecified atom stereocenters. The minimum atomic E-state index is -0.795. The molecule has 0 N–H and O–H groups in total. The molecule has 0 saturated carbocycles. The number of hydrogen-bond donors (Lipinski definition) is 0. The van der Waals surface area contributed by atoms with E-state index in [4.69, 9.17) is 0 Å². The normalized spacial score (nSPS) is 18.4. The van der Waals surface area contributed by atoms with Gasteiger partial charge in [-0.2, -0.15) is 0 Å². The van der Waals surface area contributed by atoms with Crippen molar-refractivity contribution in [3.8, 4) is 0 Å². The van der Waals surface area contributed by atoms with Crippen molar-refractivity contribution < 1.29 is 0 Å². The van der Waals surface area contributed by atoms with Gasteiger partial charge >= 0.3 is 0 Å². The quantitative estimate of drug-likeness (QED) is 0.629. The summed E-state index contributed by atoms with van der Waals surface area (Å²) in [6.45, 7) is 2.08. The van der Waals surface area contributed by atoms with E-state index in [2.05, 4.69) is 75.8 Å². The number of para-hydroxylation sites is 2. The molecule has 0 aliphatic carbocycles. The van der Waals surface area contributed by atoms with E-state index < -0.39 is 5.66 Å². The molecule has 4 rings (SSSR count). The van der Waals surface area contributed by atoms with Gasteiger partial charge < -0.3 is 4.90 Å². The first-order valence-electron chi connectivity index (χ1n) is 8.23. The number of aryl methyl sites for hydroxylation is 1. The van der Waals surface area contributed by atoms with Gasteiger partial charge in [0.1, 0.15) is 0 Å². The Morgan fingerprint density at radius 3 is 1.76 bits per heavy atom. The first-order chi connectivity index (χ1) is 12.3. The molecule has 0 spiro atoms. The number of anilines is 2. The molecule has 1 aliphatic rings. The van der Waals surface area contributed by atoms with Crippen molar-refractivity contribution in [2.75, 3.05) is 4.90 Å². The van der Waals surface area contributed by atoms with Crippen LogP contribution in [0.25, 0.3) is 0 Å². The molecule has 0 saturated heterocycles. The lowest BCUT2D eigenvalue weighted by Gasteiger charge is -2.37. The van der Waals surface area contributed by atoms with Crippen LogP contribution in [0.3, 0.4) is 0 Å². The van der Waals surface area contributed by atoms with Crippen LogP contribution in [0.5, 0.6) is 0 Å². The third-order valence-corrected chi connectivity index (χ3v) is 4.33. The lowest BCUT2D eigenvalue weighted by Crippen LogP contribution is -2.42. The Morgan fingerprint density at radius 1 is 0.720 bits per heavy atom.